The van der Waals surface area contributed by atoms with Gasteiger partial charge in [-0.05, 0) is 114 Å². The normalized spacial score (nSPS) is 43.6. The molecule has 4 unspecified atom stereocenters. The molecule has 0 aromatic carbocycles. The Bertz CT molecular complexity index is 680. The lowest BCUT2D eigenvalue weighted by Crippen LogP contribution is -2.53. The Morgan fingerprint density at radius 3 is 2.69 bits per heavy atom. The van der Waals surface area contributed by atoms with Crippen LogP contribution in [-0.2, 0) is 4.79 Å². The monoisotopic (exact) mass is 398 g/mol. The SMILES string of the molecule is CN(C)CCCN=C/C=C1\CC[C@@]2(C)C(CCC3C2CC[C@]2(C)C(=O)CCC32)C1. The fourth-order valence-electron chi connectivity index (χ4n) is 7.74. The first kappa shape index (κ1) is 21.3. The van der Waals surface area contributed by atoms with Gasteiger partial charge in [-0.15, -0.1) is 0 Å². The molecule has 0 spiro atoms. The van der Waals surface area contributed by atoms with Crippen molar-refractivity contribution >= 4 is 12.0 Å². The fraction of sp³-hybridized carbons (Fsp3) is 0.846. The van der Waals surface area contributed by atoms with Gasteiger partial charge in [0, 0.05) is 24.6 Å². The smallest absolute Gasteiger partial charge is 0.139 e. The molecule has 162 valence electrons. The molecule has 4 saturated carbocycles. The van der Waals surface area contributed by atoms with Gasteiger partial charge in [0.2, 0.25) is 0 Å². The van der Waals surface area contributed by atoms with E-state index < -0.39 is 0 Å². The molecule has 0 aromatic heterocycles. The Balaban J connectivity index is 1.38. The van der Waals surface area contributed by atoms with E-state index in [-0.39, 0.29) is 5.41 Å². The van der Waals surface area contributed by atoms with E-state index in [2.05, 4.69) is 50.1 Å². The number of nitrogens with zero attached hydrogens (tertiary/aromatic N) is 2. The van der Waals surface area contributed by atoms with Crippen molar-refractivity contribution in [2.24, 2.45) is 39.5 Å². The van der Waals surface area contributed by atoms with Gasteiger partial charge in [0.15, 0.2) is 0 Å². The summed E-state index contributed by atoms with van der Waals surface area (Å²) in [5, 5.41) is 0. The van der Waals surface area contributed by atoms with Crippen molar-refractivity contribution in [1.82, 2.24) is 4.90 Å². The molecule has 0 N–H and O–H groups in total. The molecule has 6 atom stereocenters. The predicted molar refractivity (Wildman–Crippen MR) is 121 cm³/mol. The summed E-state index contributed by atoms with van der Waals surface area (Å²) >= 11 is 0. The Morgan fingerprint density at radius 1 is 1.07 bits per heavy atom. The van der Waals surface area contributed by atoms with Crippen molar-refractivity contribution < 1.29 is 4.79 Å². The van der Waals surface area contributed by atoms with Crippen LogP contribution < -0.4 is 0 Å². The van der Waals surface area contributed by atoms with Crippen LogP contribution in [-0.4, -0.2) is 44.1 Å². The molecule has 4 aliphatic rings. The number of aliphatic imine (C=N–C) groups is 1. The minimum atomic E-state index is 0.0210. The summed E-state index contributed by atoms with van der Waals surface area (Å²) in [5.41, 5.74) is 2.14. The summed E-state index contributed by atoms with van der Waals surface area (Å²) in [6.45, 7) is 6.96. The first-order valence-electron chi connectivity index (χ1n) is 12.2. The summed E-state index contributed by atoms with van der Waals surface area (Å²) in [7, 11) is 4.24. The van der Waals surface area contributed by atoms with E-state index in [4.69, 9.17) is 0 Å². The molecule has 0 amide bonds. The van der Waals surface area contributed by atoms with E-state index >= 15 is 0 Å². The van der Waals surface area contributed by atoms with Crippen molar-refractivity contribution in [3.63, 3.8) is 0 Å². The van der Waals surface area contributed by atoms with Crippen molar-refractivity contribution in [3.05, 3.63) is 11.6 Å². The van der Waals surface area contributed by atoms with Gasteiger partial charge in [-0.2, -0.15) is 0 Å². The molecule has 0 bridgehead atoms. The molecule has 0 saturated heterocycles. The number of hydrogen-bond donors (Lipinski definition) is 0. The minimum absolute atomic E-state index is 0.0210. The van der Waals surface area contributed by atoms with Gasteiger partial charge in [-0.1, -0.05) is 19.4 Å². The van der Waals surface area contributed by atoms with E-state index in [9.17, 15) is 4.79 Å². The molecule has 0 aromatic rings. The maximum Gasteiger partial charge on any atom is 0.139 e. The van der Waals surface area contributed by atoms with Gasteiger partial charge in [0.25, 0.3) is 0 Å². The first-order chi connectivity index (χ1) is 13.8. The quantitative estimate of drug-likeness (QED) is 0.449. The highest BCUT2D eigenvalue weighted by molar-refractivity contribution is 5.87. The summed E-state index contributed by atoms with van der Waals surface area (Å²) in [6, 6.07) is 0. The fourth-order valence-corrected chi connectivity index (χ4v) is 7.74. The van der Waals surface area contributed by atoms with Crippen LogP contribution in [0.5, 0.6) is 0 Å². The number of rotatable bonds is 5. The number of carbonyl (C=O) groups is 1. The maximum absolute atomic E-state index is 12.6. The molecule has 4 fully saturated rings. The molecule has 3 heteroatoms. The van der Waals surface area contributed by atoms with Crippen molar-refractivity contribution in [2.45, 2.75) is 78.1 Å². The van der Waals surface area contributed by atoms with E-state index in [0.717, 1.165) is 50.1 Å². The molecule has 0 radical (unpaired) electrons. The Labute approximate surface area is 178 Å². The first-order valence-corrected chi connectivity index (χ1v) is 12.2. The van der Waals surface area contributed by atoms with Crippen molar-refractivity contribution in [1.29, 1.82) is 0 Å². The summed E-state index contributed by atoms with van der Waals surface area (Å²) in [6.07, 6.45) is 16.6. The third-order valence-corrected chi connectivity index (χ3v) is 9.58. The van der Waals surface area contributed by atoms with Crippen LogP contribution in [0.3, 0.4) is 0 Å². The van der Waals surface area contributed by atoms with Crippen LogP contribution in [0.4, 0.5) is 0 Å². The van der Waals surface area contributed by atoms with Crippen LogP contribution >= 0.6 is 0 Å². The van der Waals surface area contributed by atoms with Gasteiger partial charge in [-0.25, -0.2) is 0 Å². The number of fused-ring (bicyclic) bond motifs is 5. The number of ketones is 1. The van der Waals surface area contributed by atoms with Crippen LogP contribution in [0.15, 0.2) is 16.6 Å². The number of allylic oxidation sites excluding steroid dienone is 2. The standard InChI is InChI=1S/C26H42N2O/c1-25-13-10-19(12-16-27-15-5-17-28(3)4)18-20(25)6-7-21-22-8-9-24(29)26(22,2)14-11-23(21)25/h12,16,20-23H,5-11,13-15,17-18H2,1-4H3/b19-12+,27-16?/t20?,21?,22?,23?,25-,26-/m0/s1. The molecular formula is C26H42N2O. The molecule has 4 aliphatic carbocycles. The molecule has 0 heterocycles. The summed E-state index contributed by atoms with van der Waals surface area (Å²) in [4.78, 5) is 19.4. The predicted octanol–water partition coefficient (Wildman–Crippen LogP) is 5.55. The van der Waals surface area contributed by atoms with E-state index in [0.29, 0.717) is 17.1 Å². The average Bonchev–Trinajstić information content (AvgIpc) is 2.99. The summed E-state index contributed by atoms with van der Waals surface area (Å²) < 4.78 is 0. The van der Waals surface area contributed by atoms with Crippen molar-refractivity contribution in [2.75, 3.05) is 27.2 Å². The largest absolute Gasteiger partial charge is 0.309 e. The highest BCUT2D eigenvalue weighted by Crippen LogP contribution is 2.65. The highest BCUT2D eigenvalue weighted by Gasteiger charge is 2.59. The Morgan fingerprint density at radius 2 is 1.90 bits per heavy atom. The van der Waals surface area contributed by atoms with Gasteiger partial charge in [-0.3, -0.25) is 9.79 Å². The minimum Gasteiger partial charge on any atom is -0.309 e. The Kier molecular flexibility index (Phi) is 6.08. The van der Waals surface area contributed by atoms with Gasteiger partial charge >= 0.3 is 0 Å². The average molecular weight is 399 g/mol. The zero-order valence-electron chi connectivity index (χ0n) is 19.3. The molecule has 29 heavy (non-hydrogen) atoms. The number of carbonyl (C=O) groups excluding carboxylic acids is 1. The van der Waals surface area contributed by atoms with E-state index in [1.54, 1.807) is 5.57 Å². The van der Waals surface area contributed by atoms with E-state index in [1.165, 1.54) is 44.9 Å². The maximum atomic E-state index is 12.6. The molecule has 3 nitrogen and oxygen atoms in total. The third-order valence-electron chi connectivity index (χ3n) is 9.58. The zero-order chi connectivity index (χ0) is 20.6. The van der Waals surface area contributed by atoms with Crippen LogP contribution in [0.25, 0.3) is 0 Å². The lowest BCUT2D eigenvalue weighted by atomic mass is 9.45. The molecular weight excluding hydrogens is 356 g/mol. The second-order valence-electron chi connectivity index (χ2n) is 11.3. The van der Waals surface area contributed by atoms with E-state index in [1.807, 2.05) is 0 Å². The second-order valence-corrected chi connectivity index (χ2v) is 11.3. The van der Waals surface area contributed by atoms with Gasteiger partial charge < -0.3 is 4.90 Å². The molecule has 0 aliphatic heterocycles. The lowest BCUT2D eigenvalue weighted by Gasteiger charge is -2.59. The zero-order valence-corrected chi connectivity index (χ0v) is 19.3. The van der Waals surface area contributed by atoms with Crippen LogP contribution in [0.2, 0.25) is 0 Å². The molecule has 4 rings (SSSR count). The third kappa shape index (κ3) is 3.89. The topological polar surface area (TPSA) is 32.7 Å². The van der Waals surface area contributed by atoms with Gasteiger partial charge in [0.05, 0.1) is 0 Å². The van der Waals surface area contributed by atoms with Crippen LogP contribution in [0, 0.1) is 34.5 Å². The number of hydrogen-bond acceptors (Lipinski definition) is 3. The number of Topliss-reactive ketones (excluding diaryl/α,β-unsaturated/α-hetero) is 1. The summed E-state index contributed by atoms with van der Waals surface area (Å²) in [5.74, 6) is 3.76. The van der Waals surface area contributed by atoms with Crippen LogP contribution in [0.1, 0.15) is 78.1 Å². The van der Waals surface area contributed by atoms with Gasteiger partial charge in [0.1, 0.15) is 5.78 Å². The van der Waals surface area contributed by atoms with Crippen molar-refractivity contribution in [3.8, 4) is 0 Å². The second kappa shape index (κ2) is 8.29. The Hall–Kier alpha value is -0.960. The highest BCUT2D eigenvalue weighted by atomic mass is 16.1. The lowest BCUT2D eigenvalue weighted by molar-refractivity contribution is -0.137.